The minimum atomic E-state index is -1.59. The first-order valence-corrected chi connectivity index (χ1v) is 18.1. The lowest BCUT2D eigenvalue weighted by Gasteiger charge is -2.29. The van der Waals surface area contributed by atoms with E-state index in [-0.39, 0.29) is 25.9 Å². The highest BCUT2D eigenvalue weighted by atomic mass is 35.5. The summed E-state index contributed by atoms with van der Waals surface area (Å²) in [4.78, 5) is 18.2. The zero-order valence-electron chi connectivity index (χ0n) is 30.4. The fraction of sp³-hybridized carbons (Fsp3) is 0.390. The molecule has 0 amide bonds. The summed E-state index contributed by atoms with van der Waals surface area (Å²) in [7, 11) is 0. The summed E-state index contributed by atoms with van der Waals surface area (Å²) in [5, 5.41) is 41.8. The molecule has 1 aromatic heterocycles. The summed E-state index contributed by atoms with van der Waals surface area (Å²) in [6, 6.07) is 19.2. The molecule has 5 rings (SSSR count). The van der Waals surface area contributed by atoms with Gasteiger partial charge >= 0.3 is 5.97 Å². The number of aliphatic hydroxyl groups excluding tert-OH is 2. The molecule has 280 valence electrons. The highest BCUT2D eigenvalue weighted by molar-refractivity contribution is 6.32. The molecule has 0 bridgehead atoms. The number of hydrogen-bond acceptors (Lipinski definition) is 10. The summed E-state index contributed by atoms with van der Waals surface area (Å²) in [5.74, 6) is 0.392. The minimum absolute atomic E-state index is 0.0288. The Balaban J connectivity index is 1.31. The third-order valence-corrected chi connectivity index (χ3v) is 9.95. The Morgan fingerprint density at radius 1 is 1.02 bits per heavy atom. The van der Waals surface area contributed by atoms with Crippen molar-refractivity contribution in [1.82, 2.24) is 15.2 Å². The summed E-state index contributed by atoms with van der Waals surface area (Å²) in [5.41, 5.74) is 5.21. The number of ether oxygens (including phenoxy) is 3. The number of benzene rings is 3. The Morgan fingerprint density at radius 3 is 2.51 bits per heavy atom. The fourth-order valence-corrected chi connectivity index (χ4v) is 6.53. The SMILES string of the molecule is Cc1c(COc2cc(OCc3cncc(C#N)c3)c(CN[C@@](C)(CO)C(=O)O)cc2Cl)cccc1-c1cccc(OCCCN2CCCC(O)C2)c1C. The van der Waals surface area contributed by atoms with Crippen molar-refractivity contribution < 1.29 is 34.3 Å². The number of carboxylic acid groups (broad SMARTS) is 1. The van der Waals surface area contributed by atoms with Crippen LogP contribution < -0.4 is 19.5 Å². The van der Waals surface area contributed by atoms with Crippen molar-refractivity contribution >= 4 is 17.6 Å². The molecule has 0 spiro atoms. The van der Waals surface area contributed by atoms with Crippen LogP contribution in [0.3, 0.4) is 0 Å². The number of nitrogens with one attached hydrogen (secondary N) is 1. The number of aliphatic carboxylic acids is 1. The first-order valence-electron chi connectivity index (χ1n) is 17.7. The molecule has 3 aromatic carbocycles. The average molecular weight is 743 g/mol. The quantitative estimate of drug-likeness (QED) is 0.0914. The second kappa shape index (κ2) is 18.4. The Hall–Kier alpha value is -4.70. The highest BCUT2D eigenvalue weighted by Crippen LogP contribution is 2.36. The third kappa shape index (κ3) is 10.3. The number of carboxylic acids is 1. The van der Waals surface area contributed by atoms with Gasteiger partial charge in [-0.1, -0.05) is 41.9 Å². The molecule has 1 aliphatic heterocycles. The Morgan fingerprint density at radius 2 is 1.77 bits per heavy atom. The van der Waals surface area contributed by atoms with Gasteiger partial charge in [0.15, 0.2) is 0 Å². The van der Waals surface area contributed by atoms with Crippen LogP contribution in [0.15, 0.2) is 67.0 Å². The molecule has 0 aliphatic carbocycles. The predicted octanol–water partition coefficient (Wildman–Crippen LogP) is 6.20. The lowest BCUT2D eigenvalue weighted by Crippen LogP contribution is -2.52. The number of aromatic nitrogens is 1. The molecule has 4 N–H and O–H groups in total. The molecule has 1 saturated heterocycles. The maximum Gasteiger partial charge on any atom is 0.326 e. The molecule has 0 saturated carbocycles. The second-order valence-corrected chi connectivity index (χ2v) is 14.0. The maximum absolute atomic E-state index is 11.8. The summed E-state index contributed by atoms with van der Waals surface area (Å²) in [6.45, 7) is 8.46. The first-order chi connectivity index (χ1) is 25.5. The average Bonchev–Trinajstić information content (AvgIpc) is 3.15. The minimum Gasteiger partial charge on any atom is -0.493 e. The number of aliphatic hydroxyl groups is 2. The van der Waals surface area contributed by atoms with E-state index in [1.807, 2.05) is 24.3 Å². The van der Waals surface area contributed by atoms with Gasteiger partial charge < -0.3 is 34.4 Å². The number of piperidine rings is 1. The first kappa shape index (κ1) is 39.5. The van der Waals surface area contributed by atoms with Crippen molar-refractivity contribution in [3.63, 3.8) is 0 Å². The van der Waals surface area contributed by atoms with E-state index in [0.717, 1.165) is 72.5 Å². The van der Waals surface area contributed by atoms with Crippen LogP contribution in [0, 0.1) is 25.2 Å². The Labute approximate surface area is 315 Å². The summed E-state index contributed by atoms with van der Waals surface area (Å²) < 4.78 is 18.7. The number of β-amino-alcohol motifs (C(OH)–C–C–N with tert-alkyl or cyclic N) is 1. The number of pyridine rings is 1. The van der Waals surface area contributed by atoms with E-state index in [2.05, 4.69) is 47.3 Å². The van der Waals surface area contributed by atoms with E-state index < -0.39 is 18.1 Å². The van der Waals surface area contributed by atoms with Crippen LogP contribution in [-0.4, -0.2) is 75.7 Å². The van der Waals surface area contributed by atoms with Gasteiger partial charge in [-0.2, -0.15) is 5.26 Å². The number of hydrogen-bond donors (Lipinski definition) is 4. The monoisotopic (exact) mass is 742 g/mol. The number of rotatable bonds is 17. The van der Waals surface area contributed by atoms with Crippen LogP contribution in [0.4, 0.5) is 0 Å². The van der Waals surface area contributed by atoms with Crippen LogP contribution in [0.1, 0.15) is 59.6 Å². The van der Waals surface area contributed by atoms with Crippen molar-refractivity contribution in [2.24, 2.45) is 0 Å². The molecule has 0 radical (unpaired) electrons. The number of likely N-dealkylation sites (tertiary alicyclic amines) is 1. The fourth-order valence-electron chi connectivity index (χ4n) is 6.29. The Kier molecular flexibility index (Phi) is 13.7. The molecule has 4 aromatic rings. The second-order valence-electron chi connectivity index (χ2n) is 13.6. The molecular formula is C41H47ClN4O7. The van der Waals surface area contributed by atoms with Crippen LogP contribution in [-0.2, 0) is 24.6 Å². The standard InChI is InChI=1S/C41H47ClN4O7/c1-27-31(8-4-10-34(27)35-11-5-12-37(28(35)2)51-15-7-14-46-13-6-9-33(48)23-46)25-53-39-18-38(52-24-30-16-29(19-43)20-44-21-30)32(17-36(39)42)22-45-41(3,26-47)40(49)50/h4-5,8,10-12,16-18,20-21,33,45,47-48H,6-7,9,13-15,22-26H2,1-3H3,(H,49,50)/t33?,41-/m0/s1. The van der Waals surface area contributed by atoms with Crippen molar-refractivity contribution in [1.29, 1.82) is 5.26 Å². The van der Waals surface area contributed by atoms with Gasteiger partial charge in [0, 0.05) is 49.2 Å². The lowest BCUT2D eigenvalue weighted by atomic mass is 9.93. The van der Waals surface area contributed by atoms with E-state index >= 15 is 0 Å². The smallest absolute Gasteiger partial charge is 0.326 e. The van der Waals surface area contributed by atoms with Gasteiger partial charge in [0.25, 0.3) is 0 Å². The van der Waals surface area contributed by atoms with Crippen molar-refractivity contribution in [3.8, 4) is 34.4 Å². The summed E-state index contributed by atoms with van der Waals surface area (Å²) >= 11 is 6.73. The molecular weight excluding hydrogens is 696 g/mol. The van der Waals surface area contributed by atoms with E-state index in [9.17, 15) is 25.4 Å². The normalized spacial score (nSPS) is 15.7. The number of carbonyl (C=O) groups is 1. The zero-order chi connectivity index (χ0) is 38.0. The largest absolute Gasteiger partial charge is 0.493 e. The zero-order valence-corrected chi connectivity index (χ0v) is 31.2. The Bertz CT molecular complexity index is 1930. The van der Waals surface area contributed by atoms with E-state index in [4.69, 9.17) is 25.8 Å². The third-order valence-electron chi connectivity index (χ3n) is 9.65. The topological polar surface area (TPSA) is 157 Å². The van der Waals surface area contributed by atoms with Crippen molar-refractivity contribution in [2.45, 2.75) is 71.4 Å². The highest BCUT2D eigenvalue weighted by Gasteiger charge is 2.32. The van der Waals surface area contributed by atoms with Crippen molar-refractivity contribution in [2.75, 3.05) is 32.8 Å². The number of nitriles is 1. The van der Waals surface area contributed by atoms with E-state index in [1.54, 1.807) is 24.4 Å². The van der Waals surface area contributed by atoms with Crippen molar-refractivity contribution in [3.05, 3.63) is 105 Å². The molecule has 2 atom stereocenters. The van der Waals surface area contributed by atoms with E-state index in [1.165, 1.54) is 13.1 Å². The van der Waals surface area contributed by atoms with Crippen LogP contribution in [0.2, 0.25) is 5.02 Å². The number of halogens is 1. The van der Waals surface area contributed by atoms with Gasteiger partial charge in [0.05, 0.1) is 29.9 Å². The van der Waals surface area contributed by atoms with Gasteiger partial charge in [-0.3, -0.25) is 15.1 Å². The van der Waals surface area contributed by atoms with Crippen LogP contribution in [0.5, 0.6) is 17.2 Å². The van der Waals surface area contributed by atoms with Gasteiger partial charge in [-0.25, -0.2) is 0 Å². The maximum atomic E-state index is 11.8. The molecule has 12 heteroatoms. The van der Waals surface area contributed by atoms with Gasteiger partial charge in [-0.05, 0) is 92.6 Å². The molecule has 1 unspecified atom stereocenters. The lowest BCUT2D eigenvalue weighted by molar-refractivity contribution is -0.145. The van der Waals surface area contributed by atoms with Gasteiger partial charge in [0.1, 0.15) is 42.1 Å². The summed E-state index contributed by atoms with van der Waals surface area (Å²) in [6.07, 6.45) is 5.62. The molecule has 53 heavy (non-hydrogen) atoms. The van der Waals surface area contributed by atoms with Gasteiger partial charge in [-0.15, -0.1) is 0 Å². The molecule has 1 aliphatic rings. The molecule has 11 nitrogen and oxygen atoms in total. The van der Waals surface area contributed by atoms with Crippen LogP contribution >= 0.6 is 11.6 Å². The van der Waals surface area contributed by atoms with E-state index in [0.29, 0.717) is 39.8 Å². The molecule has 2 heterocycles. The van der Waals surface area contributed by atoms with Crippen LogP contribution in [0.25, 0.3) is 11.1 Å². The molecule has 1 fully saturated rings. The predicted molar refractivity (Wildman–Crippen MR) is 202 cm³/mol. The number of nitrogens with zero attached hydrogens (tertiary/aromatic N) is 3. The van der Waals surface area contributed by atoms with Gasteiger partial charge in [0.2, 0.25) is 0 Å².